The second kappa shape index (κ2) is 7.98. The Morgan fingerprint density at radius 1 is 1.15 bits per heavy atom. The third kappa shape index (κ3) is 6.58. The van der Waals surface area contributed by atoms with E-state index >= 15 is 0 Å². The largest absolute Gasteiger partial charge is 0.508 e. The van der Waals surface area contributed by atoms with Crippen molar-refractivity contribution in [2.45, 2.75) is 66.5 Å². The van der Waals surface area contributed by atoms with E-state index in [0.29, 0.717) is 0 Å². The van der Waals surface area contributed by atoms with Crippen LogP contribution in [0, 0.1) is 18.3 Å². The number of ether oxygens (including phenoxy) is 1. The summed E-state index contributed by atoms with van der Waals surface area (Å²) >= 11 is 0. The molecule has 1 unspecified atom stereocenters. The van der Waals surface area contributed by atoms with Gasteiger partial charge in [0.1, 0.15) is 11.4 Å². The van der Waals surface area contributed by atoms with Gasteiger partial charge in [0.15, 0.2) is 0 Å². The molecule has 0 aliphatic heterocycles. The number of benzene rings is 1. The zero-order valence-electron chi connectivity index (χ0n) is 16.7. The third-order valence-corrected chi connectivity index (χ3v) is 4.08. The monoisotopic (exact) mass is 365 g/mol. The number of aromatic hydroxyl groups is 1. The second-order valence-corrected chi connectivity index (χ2v) is 8.75. The molecule has 2 atom stereocenters. The molecule has 0 bridgehead atoms. The third-order valence-electron chi connectivity index (χ3n) is 4.08. The van der Waals surface area contributed by atoms with E-state index < -0.39 is 35.0 Å². The Kier molecular flexibility index (Phi) is 6.69. The van der Waals surface area contributed by atoms with Gasteiger partial charge in [-0.2, -0.15) is 0 Å². The average molecular weight is 365 g/mol. The molecule has 1 aromatic carbocycles. The highest BCUT2D eigenvalue weighted by atomic mass is 16.6. The zero-order chi connectivity index (χ0) is 20.3. The molecule has 0 saturated carbocycles. The minimum atomic E-state index is -0.989. The fraction of sp³-hybridized carbons (Fsp3) is 0.600. The van der Waals surface area contributed by atoms with Crippen LogP contribution in [0.2, 0.25) is 0 Å². The molecule has 3 N–H and O–H groups in total. The molecule has 6 nitrogen and oxygen atoms in total. The van der Waals surface area contributed by atoms with E-state index in [9.17, 15) is 19.8 Å². The summed E-state index contributed by atoms with van der Waals surface area (Å²) in [6.45, 7) is 12.6. The van der Waals surface area contributed by atoms with E-state index in [1.165, 1.54) is 0 Å². The molecular weight excluding hydrogens is 334 g/mol. The summed E-state index contributed by atoms with van der Waals surface area (Å²) in [4.78, 5) is 24.2. The first-order valence-corrected chi connectivity index (χ1v) is 8.71. The Balaban J connectivity index is 3.21. The Hall–Kier alpha value is -2.24. The highest BCUT2D eigenvalue weighted by Crippen LogP contribution is 2.32. The van der Waals surface area contributed by atoms with Crippen LogP contribution in [0.3, 0.4) is 0 Å². The van der Waals surface area contributed by atoms with Crippen LogP contribution in [0.1, 0.15) is 52.7 Å². The number of alkyl carbamates (subject to hydrolysis) is 1. The quantitative estimate of drug-likeness (QED) is 0.736. The van der Waals surface area contributed by atoms with E-state index in [2.05, 4.69) is 5.32 Å². The van der Waals surface area contributed by atoms with Gasteiger partial charge in [0.2, 0.25) is 0 Å². The predicted octanol–water partition coefficient (Wildman–Crippen LogP) is 3.88. The van der Waals surface area contributed by atoms with Gasteiger partial charge < -0.3 is 20.3 Å². The lowest BCUT2D eigenvalue weighted by Gasteiger charge is -2.35. The standard InChI is InChI=1S/C20H31NO5/c1-12-8-9-14(22)10-13(12)11-15(16(17(23)24)19(2,3)4)21-18(25)26-20(5,6)7/h8-10,15-16,22H,11H2,1-7H3,(H,21,25)(H,23,24)/t15-,16?/m1/s1. The van der Waals surface area contributed by atoms with E-state index in [1.807, 2.05) is 27.7 Å². The van der Waals surface area contributed by atoms with Crippen molar-refractivity contribution in [3.63, 3.8) is 0 Å². The van der Waals surface area contributed by atoms with Crippen LogP contribution in [0.5, 0.6) is 5.75 Å². The topological polar surface area (TPSA) is 95.9 Å². The van der Waals surface area contributed by atoms with Crippen molar-refractivity contribution in [3.05, 3.63) is 29.3 Å². The number of carboxylic acid groups (broad SMARTS) is 1. The van der Waals surface area contributed by atoms with Crippen molar-refractivity contribution in [3.8, 4) is 5.75 Å². The van der Waals surface area contributed by atoms with Gasteiger partial charge in [0, 0.05) is 0 Å². The van der Waals surface area contributed by atoms with Gasteiger partial charge >= 0.3 is 12.1 Å². The number of phenolic OH excluding ortho intramolecular Hbond substituents is 1. The number of amides is 1. The Labute approximate surface area is 155 Å². The number of phenols is 1. The van der Waals surface area contributed by atoms with Gasteiger partial charge in [-0.05, 0) is 62.8 Å². The minimum Gasteiger partial charge on any atom is -0.508 e. The van der Waals surface area contributed by atoms with Crippen LogP contribution in [-0.4, -0.2) is 33.9 Å². The van der Waals surface area contributed by atoms with Crippen LogP contribution in [0.15, 0.2) is 18.2 Å². The van der Waals surface area contributed by atoms with Gasteiger partial charge in [-0.25, -0.2) is 4.79 Å². The van der Waals surface area contributed by atoms with E-state index in [0.717, 1.165) is 11.1 Å². The fourth-order valence-corrected chi connectivity index (χ4v) is 2.97. The lowest BCUT2D eigenvalue weighted by atomic mass is 9.74. The van der Waals surface area contributed by atoms with E-state index in [-0.39, 0.29) is 12.2 Å². The van der Waals surface area contributed by atoms with Gasteiger partial charge in [0.05, 0.1) is 12.0 Å². The number of carbonyl (C=O) groups excluding carboxylic acids is 1. The molecule has 0 spiro atoms. The van der Waals surface area contributed by atoms with Crippen molar-refractivity contribution in [1.82, 2.24) is 5.32 Å². The number of carbonyl (C=O) groups is 2. The number of hydrogen-bond acceptors (Lipinski definition) is 4. The smallest absolute Gasteiger partial charge is 0.407 e. The average Bonchev–Trinajstić information content (AvgIpc) is 2.38. The number of rotatable bonds is 5. The molecule has 0 aromatic heterocycles. The van der Waals surface area contributed by atoms with Crippen molar-refractivity contribution in [1.29, 1.82) is 0 Å². The zero-order valence-corrected chi connectivity index (χ0v) is 16.7. The molecule has 0 fully saturated rings. The Bertz CT molecular complexity index is 655. The molecule has 0 saturated heterocycles. The summed E-state index contributed by atoms with van der Waals surface area (Å²) in [7, 11) is 0. The molecule has 1 aromatic rings. The first kappa shape index (κ1) is 21.8. The summed E-state index contributed by atoms with van der Waals surface area (Å²) in [6, 6.07) is 4.25. The van der Waals surface area contributed by atoms with Crippen molar-refractivity contribution in [2.75, 3.05) is 0 Å². The number of carboxylic acids is 1. The lowest BCUT2D eigenvalue weighted by Crippen LogP contribution is -2.50. The molecule has 1 rings (SSSR count). The highest BCUT2D eigenvalue weighted by Gasteiger charge is 2.39. The summed E-state index contributed by atoms with van der Waals surface area (Å²) in [6.07, 6.45) is -0.385. The van der Waals surface area contributed by atoms with Crippen LogP contribution >= 0.6 is 0 Å². The SMILES string of the molecule is Cc1ccc(O)cc1C[C@@H](NC(=O)OC(C)(C)C)C(C(=O)O)C(C)(C)C. The number of nitrogens with one attached hydrogen (secondary N) is 1. The molecular formula is C20H31NO5. The molecule has 6 heteroatoms. The van der Waals surface area contributed by atoms with Crippen molar-refractivity contribution in [2.24, 2.45) is 11.3 Å². The van der Waals surface area contributed by atoms with Crippen LogP contribution in [-0.2, 0) is 16.0 Å². The van der Waals surface area contributed by atoms with Crippen LogP contribution in [0.4, 0.5) is 4.79 Å². The number of hydrogen-bond donors (Lipinski definition) is 3. The van der Waals surface area contributed by atoms with Gasteiger partial charge in [-0.1, -0.05) is 26.8 Å². The van der Waals surface area contributed by atoms with Gasteiger partial charge in [0.25, 0.3) is 0 Å². The highest BCUT2D eigenvalue weighted by molar-refractivity contribution is 5.74. The Morgan fingerprint density at radius 3 is 2.19 bits per heavy atom. The van der Waals surface area contributed by atoms with E-state index in [4.69, 9.17) is 4.74 Å². The second-order valence-electron chi connectivity index (χ2n) is 8.75. The molecule has 0 heterocycles. The normalized spacial score (nSPS) is 14.4. The molecule has 1 amide bonds. The molecule has 0 aliphatic carbocycles. The maximum Gasteiger partial charge on any atom is 0.407 e. The number of aryl methyl sites for hydroxylation is 1. The minimum absolute atomic E-state index is 0.101. The Morgan fingerprint density at radius 2 is 1.73 bits per heavy atom. The van der Waals surface area contributed by atoms with Crippen molar-refractivity contribution < 1.29 is 24.5 Å². The molecule has 0 aliphatic rings. The van der Waals surface area contributed by atoms with Crippen LogP contribution < -0.4 is 5.32 Å². The predicted molar refractivity (Wildman–Crippen MR) is 100 cm³/mol. The first-order chi connectivity index (χ1) is 11.7. The van der Waals surface area contributed by atoms with E-state index in [1.54, 1.807) is 39.0 Å². The molecule has 0 radical (unpaired) electrons. The van der Waals surface area contributed by atoms with Gasteiger partial charge in [-0.15, -0.1) is 0 Å². The maximum atomic E-state index is 12.3. The maximum absolute atomic E-state index is 12.3. The lowest BCUT2D eigenvalue weighted by molar-refractivity contribution is -0.146. The first-order valence-electron chi connectivity index (χ1n) is 8.71. The van der Waals surface area contributed by atoms with Crippen molar-refractivity contribution >= 4 is 12.1 Å². The summed E-state index contributed by atoms with van der Waals surface area (Å²) in [5.74, 6) is -1.72. The van der Waals surface area contributed by atoms with Gasteiger partial charge in [-0.3, -0.25) is 4.79 Å². The van der Waals surface area contributed by atoms with Crippen LogP contribution in [0.25, 0.3) is 0 Å². The number of aliphatic carboxylic acids is 1. The summed E-state index contributed by atoms with van der Waals surface area (Å²) in [5, 5.41) is 22.3. The fourth-order valence-electron chi connectivity index (χ4n) is 2.97. The molecule has 26 heavy (non-hydrogen) atoms. The summed E-state index contributed by atoms with van der Waals surface area (Å²) < 4.78 is 5.31. The molecule has 146 valence electrons. The summed E-state index contributed by atoms with van der Waals surface area (Å²) in [5.41, 5.74) is 0.421.